The predicted molar refractivity (Wildman–Crippen MR) is 83.5 cm³/mol. The van der Waals surface area contributed by atoms with Gasteiger partial charge in [0.1, 0.15) is 11.5 Å². The monoisotopic (exact) mass is 291 g/mol. The van der Waals surface area contributed by atoms with Crippen LogP contribution in [0.2, 0.25) is 5.02 Å². The summed E-state index contributed by atoms with van der Waals surface area (Å²) in [5.74, 6) is 1.58. The first-order chi connectivity index (χ1) is 9.72. The summed E-state index contributed by atoms with van der Waals surface area (Å²) in [4.78, 5) is 0. The standard InChI is InChI=1S/C16H18ClNO2/c1-3-19-14-9-10-15(16(11-14)20-4-2)18-13-7-5-12(17)6-8-13/h5-11,18H,3-4H2,1-2H3. The fourth-order valence-corrected chi connectivity index (χ4v) is 1.95. The molecule has 0 aliphatic rings. The third kappa shape index (κ3) is 3.81. The lowest BCUT2D eigenvalue weighted by molar-refractivity contribution is 0.324. The summed E-state index contributed by atoms with van der Waals surface area (Å²) in [5.41, 5.74) is 1.86. The molecule has 0 aliphatic carbocycles. The number of nitrogens with one attached hydrogen (secondary N) is 1. The van der Waals surface area contributed by atoms with Gasteiger partial charge in [-0.3, -0.25) is 0 Å². The molecule has 1 N–H and O–H groups in total. The lowest BCUT2D eigenvalue weighted by atomic mass is 10.2. The van der Waals surface area contributed by atoms with Crippen LogP contribution in [0, 0.1) is 0 Å². The van der Waals surface area contributed by atoms with E-state index in [0.29, 0.717) is 18.2 Å². The van der Waals surface area contributed by atoms with Gasteiger partial charge in [-0.2, -0.15) is 0 Å². The molecule has 106 valence electrons. The Bertz CT molecular complexity index is 555. The van der Waals surface area contributed by atoms with Crippen LogP contribution in [-0.4, -0.2) is 13.2 Å². The third-order valence-corrected chi connectivity index (χ3v) is 2.94. The molecule has 0 saturated carbocycles. The smallest absolute Gasteiger partial charge is 0.146 e. The van der Waals surface area contributed by atoms with Crippen LogP contribution >= 0.6 is 11.6 Å². The number of ether oxygens (including phenoxy) is 2. The molecule has 0 radical (unpaired) electrons. The van der Waals surface area contributed by atoms with Crippen molar-refractivity contribution in [1.29, 1.82) is 0 Å². The van der Waals surface area contributed by atoms with E-state index in [1.54, 1.807) is 0 Å². The van der Waals surface area contributed by atoms with Crippen molar-refractivity contribution in [3.8, 4) is 11.5 Å². The molecule has 0 fully saturated rings. The van der Waals surface area contributed by atoms with Crippen molar-refractivity contribution in [2.75, 3.05) is 18.5 Å². The van der Waals surface area contributed by atoms with Crippen LogP contribution < -0.4 is 14.8 Å². The first-order valence-electron chi connectivity index (χ1n) is 6.65. The first kappa shape index (κ1) is 14.5. The van der Waals surface area contributed by atoms with Crippen LogP contribution in [0.3, 0.4) is 0 Å². The molecule has 0 bridgehead atoms. The Kier molecular flexibility index (Phi) is 5.13. The molecule has 0 amide bonds. The van der Waals surface area contributed by atoms with Gasteiger partial charge in [-0.15, -0.1) is 0 Å². The van der Waals surface area contributed by atoms with E-state index in [-0.39, 0.29) is 0 Å². The third-order valence-electron chi connectivity index (χ3n) is 2.69. The number of benzene rings is 2. The Morgan fingerprint density at radius 1 is 0.950 bits per heavy atom. The normalized spacial score (nSPS) is 10.2. The summed E-state index contributed by atoms with van der Waals surface area (Å²) in [6, 6.07) is 13.3. The van der Waals surface area contributed by atoms with E-state index in [0.717, 1.165) is 22.9 Å². The summed E-state index contributed by atoms with van der Waals surface area (Å²) < 4.78 is 11.1. The van der Waals surface area contributed by atoms with Gasteiger partial charge in [-0.1, -0.05) is 11.6 Å². The second-order valence-corrected chi connectivity index (χ2v) is 4.59. The van der Waals surface area contributed by atoms with E-state index in [1.807, 2.05) is 56.3 Å². The molecule has 0 aliphatic heterocycles. The minimum atomic E-state index is 0.602. The van der Waals surface area contributed by atoms with E-state index in [2.05, 4.69) is 5.32 Å². The summed E-state index contributed by atoms with van der Waals surface area (Å²) in [7, 11) is 0. The molecule has 2 aromatic rings. The molecule has 2 rings (SSSR count). The highest BCUT2D eigenvalue weighted by Gasteiger charge is 2.06. The van der Waals surface area contributed by atoms with Crippen molar-refractivity contribution in [2.24, 2.45) is 0 Å². The summed E-state index contributed by atoms with van der Waals surface area (Å²) in [6.45, 7) is 5.15. The first-order valence-corrected chi connectivity index (χ1v) is 7.03. The van der Waals surface area contributed by atoms with Crippen molar-refractivity contribution < 1.29 is 9.47 Å². The van der Waals surface area contributed by atoms with Crippen LogP contribution in [0.25, 0.3) is 0 Å². The zero-order chi connectivity index (χ0) is 14.4. The van der Waals surface area contributed by atoms with E-state index in [4.69, 9.17) is 21.1 Å². The van der Waals surface area contributed by atoms with Crippen LogP contribution in [-0.2, 0) is 0 Å². The van der Waals surface area contributed by atoms with Crippen molar-refractivity contribution in [3.63, 3.8) is 0 Å². The van der Waals surface area contributed by atoms with E-state index in [9.17, 15) is 0 Å². The van der Waals surface area contributed by atoms with E-state index < -0.39 is 0 Å². The lowest BCUT2D eigenvalue weighted by Crippen LogP contribution is -1.99. The molecule has 4 heteroatoms. The summed E-state index contributed by atoms with van der Waals surface area (Å²) in [5, 5.41) is 4.03. The summed E-state index contributed by atoms with van der Waals surface area (Å²) >= 11 is 5.88. The lowest BCUT2D eigenvalue weighted by Gasteiger charge is -2.14. The largest absolute Gasteiger partial charge is 0.494 e. The van der Waals surface area contributed by atoms with E-state index in [1.165, 1.54) is 0 Å². The molecule has 2 aromatic carbocycles. The average molecular weight is 292 g/mol. The maximum absolute atomic E-state index is 5.88. The van der Waals surface area contributed by atoms with Crippen LogP contribution in [0.1, 0.15) is 13.8 Å². The van der Waals surface area contributed by atoms with Crippen molar-refractivity contribution in [2.45, 2.75) is 13.8 Å². The average Bonchev–Trinajstić information content (AvgIpc) is 2.45. The van der Waals surface area contributed by atoms with Gasteiger partial charge in [-0.05, 0) is 50.2 Å². The highest BCUT2D eigenvalue weighted by atomic mass is 35.5. The zero-order valence-electron chi connectivity index (χ0n) is 11.7. The highest BCUT2D eigenvalue weighted by Crippen LogP contribution is 2.32. The van der Waals surface area contributed by atoms with Gasteiger partial charge in [0.2, 0.25) is 0 Å². The Morgan fingerprint density at radius 3 is 2.30 bits per heavy atom. The Hall–Kier alpha value is -1.87. The number of rotatable bonds is 6. The Labute approximate surface area is 124 Å². The molecular formula is C16H18ClNO2. The zero-order valence-corrected chi connectivity index (χ0v) is 12.4. The van der Waals surface area contributed by atoms with Gasteiger partial charge >= 0.3 is 0 Å². The predicted octanol–water partition coefficient (Wildman–Crippen LogP) is 4.88. The SMILES string of the molecule is CCOc1ccc(Nc2ccc(Cl)cc2)c(OCC)c1. The second-order valence-electron chi connectivity index (χ2n) is 4.16. The Balaban J connectivity index is 2.23. The van der Waals surface area contributed by atoms with Crippen molar-refractivity contribution >= 4 is 23.0 Å². The van der Waals surface area contributed by atoms with Gasteiger partial charge in [0.05, 0.1) is 18.9 Å². The maximum atomic E-state index is 5.88. The minimum Gasteiger partial charge on any atom is -0.494 e. The molecule has 0 unspecified atom stereocenters. The fourth-order valence-electron chi connectivity index (χ4n) is 1.83. The molecule has 0 heterocycles. The van der Waals surface area contributed by atoms with Crippen molar-refractivity contribution in [1.82, 2.24) is 0 Å². The topological polar surface area (TPSA) is 30.5 Å². The van der Waals surface area contributed by atoms with Gasteiger partial charge in [0.25, 0.3) is 0 Å². The number of hydrogen-bond donors (Lipinski definition) is 1. The minimum absolute atomic E-state index is 0.602. The van der Waals surface area contributed by atoms with Crippen molar-refractivity contribution in [3.05, 3.63) is 47.5 Å². The molecule has 0 aromatic heterocycles. The number of anilines is 2. The number of hydrogen-bond acceptors (Lipinski definition) is 3. The van der Waals surface area contributed by atoms with Crippen LogP contribution in [0.4, 0.5) is 11.4 Å². The maximum Gasteiger partial charge on any atom is 0.146 e. The fraction of sp³-hybridized carbons (Fsp3) is 0.250. The Morgan fingerprint density at radius 2 is 1.65 bits per heavy atom. The van der Waals surface area contributed by atoms with Gasteiger partial charge in [0, 0.05) is 16.8 Å². The molecule has 0 saturated heterocycles. The molecule has 20 heavy (non-hydrogen) atoms. The van der Waals surface area contributed by atoms with E-state index >= 15 is 0 Å². The van der Waals surface area contributed by atoms with Crippen LogP contribution in [0.5, 0.6) is 11.5 Å². The quantitative estimate of drug-likeness (QED) is 0.822. The van der Waals surface area contributed by atoms with Gasteiger partial charge < -0.3 is 14.8 Å². The highest BCUT2D eigenvalue weighted by molar-refractivity contribution is 6.30. The van der Waals surface area contributed by atoms with Gasteiger partial charge in [0.15, 0.2) is 0 Å². The van der Waals surface area contributed by atoms with Gasteiger partial charge in [-0.25, -0.2) is 0 Å². The molecule has 0 atom stereocenters. The second kappa shape index (κ2) is 7.06. The van der Waals surface area contributed by atoms with Crippen LogP contribution in [0.15, 0.2) is 42.5 Å². The molecule has 3 nitrogen and oxygen atoms in total. The summed E-state index contributed by atoms with van der Waals surface area (Å²) in [6.07, 6.45) is 0. The molecular weight excluding hydrogens is 274 g/mol. The molecule has 0 spiro atoms. The number of halogens is 1.